The van der Waals surface area contributed by atoms with Crippen molar-refractivity contribution in [3.05, 3.63) is 53.2 Å². The van der Waals surface area contributed by atoms with E-state index in [1.165, 1.54) is 11.3 Å². The normalized spacial score (nSPS) is 14.2. The summed E-state index contributed by atoms with van der Waals surface area (Å²) >= 11 is 2.43. The number of hydrogen-bond donors (Lipinski definition) is 3. The Morgan fingerprint density at radius 1 is 1.23 bits per heavy atom. The molecule has 0 atom stereocenters. The van der Waals surface area contributed by atoms with Crippen LogP contribution in [0.25, 0.3) is 10.2 Å². The molecule has 4 heterocycles. The lowest BCUT2D eigenvalue weighted by atomic mass is 10.3. The second-order valence-corrected chi connectivity index (χ2v) is 10.9. The number of thiazole rings is 1. The molecule has 3 aromatic heterocycles. The Morgan fingerprint density at radius 2 is 2.13 bits per heavy atom. The van der Waals surface area contributed by atoms with Crippen LogP contribution in [-0.4, -0.2) is 35.6 Å². The van der Waals surface area contributed by atoms with Crippen molar-refractivity contribution in [1.82, 2.24) is 20.1 Å². The van der Waals surface area contributed by atoms with Crippen LogP contribution in [0.3, 0.4) is 0 Å². The van der Waals surface area contributed by atoms with Crippen LogP contribution < -0.4 is 15.4 Å². The number of thiophene rings is 1. The molecule has 5 rings (SSSR count). The van der Waals surface area contributed by atoms with Gasteiger partial charge in [-0.15, -0.1) is 11.3 Å². The van der Waals surface area contributed by atoms with Crippen LogP contribution in [0.5, 0.6) is 0 Å². The topological polar surface area (TPSA) is 118 Å². The van der Waals surface area contributed by atoms with E-state index >= 15 is 0 Å². The highest BCUT2D eigenvalue weighted by molar-refractivity contribution is 7.94. The van der Waals surface area contributed by atoms with E-state index in [0.29, 0.717) is 28.6 Å². The number of hydrogen-bond acceptors (Lipinski definition) is 8. The van der Waals surface area contributed by atoms with Gasteiger partial charge in [-0.25, -0.2) is 13.4 Å². The zero-order valence-electron chi connectivity index (χ0n) is 16.2. The molecule has 0 saturated heterocycles. The molecule has 12 heteroatoms. The third kappa shape index (κ3) is 4.19. The summed E-state index contributed by atoms with van der Waals surface area (Å²) in [6.45, 7) is 2.40. The number of rotatable bonds is 5. The minimum atomic E-state index is -3.62. The van der Waals surface area contributed by atoms with Crippen LogP contribution in [0.15, 0.2) is 46.0 Å². The molecule has 160 valence electrons. The summed E-state index contributed by atoms with van der Waals surface area (Å²) < 4.78 is 30.3. The SMILES string of the molecule is O=C(Nc1nc2ccc(NS(=O)(=O)c3cccs3)cc2s1)c1cc2n(n1)CCCNC2. The van der Waals surface area contributed by atoms with E-state index in [0.717, 1.165) is 41.2 Å². The van der Waals surface area contributed by atoms with Gasteiger partial charge < -0.3 is 5.32 Å². The monoisotopic (exact) mass is 474 g/mol. The van der Waals surface area contributed by atoms with Crippen LogP contribution in [-0.2, 0) is 23.1 Å². The van der Waals surface area contributed by atoms with E-state index < -0.39 is 10.0 Å². The smallest absolute Gasteiger partial charge is 0.277 e. The number of sulfonamides is 1. The molecule has 1 amide bonds. The molecule has 0 aliphatic carbocycles. The van der Waals surface area contributed by atoms with Crippen molar-refractivity contribution in [3.8, 4) is 0 Å². The first-order valence-electron chi connectivity index (χ1n) is 9.54. The lowest BCUT2D eigenvalue weighted by Crippen LogP contribution is -2.14. The van der Waals surface area contributed by atoms with Crippen LogP contribution >= 0.6 is 22.7 Å². The number of aryl methyl sites for hydroxylation is 1. The Bertz CT molecular complexity index is 1330. The molecule has 1 aliphatic rings. The van der Waals surface area contributed by atoms with E-state index in [-0.39, 0.29) is 10.1 Å². The van der Waals surface area contributed by atoms with Crippen molar-refractivity contribution in [3.63, 3.8) is 0 Å². The first-order valence-corrected chi connectivity index (χ1v) is 12.7. The van der Waals surface area contributed by atoms with Gasteiger partial charge >= 0.3 is 0 Å². The predicted octanol–water partition coefficient (Wildman–Crippen LogP) is 3.10. The van der Waals surface area contributed by atoms with E-state index in [2.05, 4.69) is 25.4 Å². The fraction of sp³-hybridized carbons (Fsp3) is 0.211. The van der Waals surface area contributed by atoms with Crippen molar-refractivity contribution in [2.45, 2.75) is 23.7 Å². The average molecular weight is 475 g/mol. The van der Waals surface area contributed by atoms with Gasteiger partial charge in [0.15, 0.2) is 10.8 Å². The lowest BCUT2D eigenvalue weighted by Gasteiger charge is -2.05. The van der Waals surface area contributed by atoms with Crippen molar-refractivity contribution in [2.75, 3.05) is 16.6 Å². The Morgan fingerprint density at radius 3 is 2.97 bits per heavy atom. The van der Waals surface area contributed by atoms with Gasteiger partial charge in [0.05, 0.1) is 21.6 Å². The highest BCUT2D eigenvalue weighted by atomic mass is 32.2. The Kier molecular flexibility index (Phi) is 5.22. The average Bonchev–Trinajstić information content (AvgIpc) is 3.45. The second kappa shape index (κ2) is 8.04. The summed E-state index contributed by atoms with van der Waals surface area (Å²) in [6.07, 6.45) is 0.964. The number of amides is 1. The van der Waals surface area contributed by atoms with Gasteiger partial charge in [-0.1, -0.05) is 17.4 Å². The van der Waals surface area contributed by atoms with Gasteiger partial charge in [-0.05, 0) is 48.7 Å². The molecule has 3 N–H and O–H groups in total. The van der Waals surface area contributed by atoms with Crippen LogP contribution in [0.4, 0.5) is 10.8 Å². The maximum Gasteiger partial charge on any atom is 0.277 e. The highest BCUT2D eigenvalue weighted by Gasteiger charge is 2.18. The van der Waals surface area contributed by atoms with Gasteiger partial charge in [0.25, 0.3) is 15.9 Å². The molecule has 0 radical (unpaired) electrons. The van der Waals surface area contributed by atoms with Gasteiger partial charge in [-0.2, -0.15) is 5.10 Å². The van der Waals surface area contributed by atoms with Gasteiger partial charge in [0.1, 0.15) is 4.21 Å². The molecule has 31 heavy (non-hydrogen) atoms. The lowest BCUT2D eigenvalue weighted by molar-refractivity contribution is 0.102. The standard InChI is InChI=1S/C19H18N6O3S3/c26-18(15-10-13-11-20-6-2-7-25(13)23-15)22-19-21-14-5-4-12(9-16(14)30-19)24-31(27,28)17-3-1-8-29-17/h1,3-5,8-10,20,24H,2,6-7,11H2,(H,21,22,26). The Hall–Kier alpha value is -2.80. The molecular formula is C19H18N6O3S3. The third-order valence-electron chi connectivity index (χ3n) is 4.75. The molecule has 0 bridgehead atoms. The molecule has 0 unspecified atom stereocenters. The third-order valence-corrected chi connectivity index (χ3v) is 8.46. The summed E-state index contributed by atoms with van der Waals surface area (Å²) in [5.74, 6) is -0.321. The summed E-state index contributed by atoms with van der Waals surface area (Å²) in [7, 11) is -3.62. The van der Waals surface area contributed by atoms with Crippen molar-refractivity contribution in [1.29, 1.82) is 0 Å². The number of fused-ring (bicyclic) bond motifs is 2. The molecule has 0 fully saturated rings. The van der Waals surface area contributed by atoms with Crippen molar-refractivity contribution in [2.24, 2.45) is 0 Å². The van der Waals surface area contributed by atoms with Gasteiger partial charge in [0.2, 0.25) is 0 Å². The first-order chi connectivity index (χ1) is 15.0. The van der Waals surface area contributed by atoms with Gasteiger partial charge in [0, 0.05) is 13.1 Å². The molecule has 0 spiro atoms. The summed E-state index contributed by atoms with van der Waals surface area (Å²) in [6, 6.07) is 10.1. The number of anilines is 2. The number of benzene rings is 1. The molecule has 1 aromatic carbocycles. The summed E-state index contributed by atoms with van der Waals surface area (Å²) in [5, 5.41) is 12.6. The largest absolute Gasteiger partial charge is 0.311 e. The summed E-state index contributed by atoms with van der Waals surface area (Å²) in [4.78, 5) is 17.1. The number of aromatic nitrogens is 3. The van der Waals surface area contributed by atoms with Crippen molar-refractivity contribution < 1.29 is 13.2 Å². The maximum atomic E-state index is 12.6. The molecule has 0 saturated carbocycles. The van der Waals surface area contributed by atoms with E-state index in [9.17, 15) is 13.2 Å². The zero-order valence-corrected chi connectivity index (χ0v) is 18.6. The highest BCUT2D eigenvalue weighted by Crippen LogP contribution is 2.30. The molecule has 4 aromatic rings. The molecule has 9 nitrogen and oxygen atoms in total. The number of carbonyl (C=O) groups is 1. The second-order valence-electron chi connectivity index (χ2n) is 6.97. The van der Waals surface area contributed by atoms with E-state index in [1.807, 2.05) is 4.68 Å². The quantitative estimate of drug-likeness (QED) is 0.409. The number of nitrogens with one attached hydrogen (secondary N) is 3. The molecule has 1 aliphatic heterocycles. The predicted molar refractivity (Wildman–Crippen MR) is 121 cm³/mol. The minimum absolute atomic E-state index is 0.249. The maximum absolute atomic E-state index is 12.6. The van der Waals surface area contributed by atoms with Crippen LogP contribution in [0.1, 0.15) is 22.6 Å². The van der Waals surface area contributed by atoms with E-state index in [4.69, 9.17) is 0 Å². The van der Waals surface area contributed by atoms with E-state index in [1.54, 1.807) is 41.8 Å². The Balaban J connectivity index is 1.34. The zero-order chi connectivity index (χ0) is 21.4. The van der Waals surface area contributed by atoms with Crippen molar-refractivity contribution >= 4 is 59.6 Å². The fourth-order valence-electron chi connectivity index (χ4n) is 3.30. The van der Waals surface area contributed by atoms with Gasteiger partial charge in [-0.3, -0.25) is 19.5 Å². The minimum Gasteiger partial charge on any atom is -0.311 e. The van der Waals surface area contributed by atoms with Crippen LogP contribution in [0, 0.1) is 0 Å². The first kappa shape index (κ1) is 20.1. The number of carbonyl (C=O) groups excluding carboxylic acids is 1. The number of nitrogens with zero attached hydrogens (tertiary/aromatic N) is 3. The van der Waals surface area contributed by atoms with Crippen LogP contribution in [0.2, 0.25) is 0 Å². The summed E-state index contributed by atoms with van der Waals surface area (Å²) in [5.41, 5.74) is 2.44. The fourth-order valence-corrected chi connectivity index (χ4v) is 6.24. The molecular weight excluding hydrogens is 456 g/mol. The Labute approximate surface area is 186 Å².